The maximum absolute atomic E-state index is 13.6. The zero-order valence-corrected chi connectivity index (χ0v) is 25.3. The lowest BCUT2D eigenvalue weighted by Gasteiger charge is -2.39. The number of para-hydroxylation sites is 1. The Balaban J connectivity index is 1.54. The monoisotopic (exact) mass is 601 g/mol. The maximum Gasteiger partial charge on any atom is 0.270 e. The number of unbranched alkanes of at least 4 members (excludes halogenated alkanes) is 1. The smallest absolute Gasteiger partial charge is 0.270 e. The minimum Gasteiger partial charge on any atom is -0.368 e. The summed E-state index contributed by atoms with van der Waals surface area (Å²) >= 11 is 6.77. The Hall–Kier alpha value is -3.94. The van der Waals surface area contributed by atoms with Gasteiger partial charge >= 0.3 is 0 Å². The van der Waals surface area contributed by atoms with Crippen LogP contribution in [0.1, 0.15) is 42.0 Å². The standard InChI is InChI=1S/C32H32FN5O2S2/c1-3-4-14-37-29(36-17-15-35(16-18-36)25-8-6-5-7-9-25)26(22(2)27(20-34)30(37)39)19-28-31(40)38(32(41)42-28)21-23-10-12-24(33)13-11-23/h5-13,19H,3-4,14-18,21H2,1-2H3. The molecule has 7 nitrogen and oxygen atoms in total. The van der Waals surface area contributed by atoms with Crippen molar-refractivity contribution < 1.29 is 9.18 Å². The quantitative estimate of drug-likeness (QED) is 0.243. The second kappa shape index (κ2) is 12.9. The van der Waals surface area contributed by atoms with E-state index in [-0.39, 0.29) is 29.4 Å². The van der Waals surface area contributed by atoms with Crippen LogP contribution in [-0.2, 0) is 17.9 Å². The first-order chi connectivity index (χ1) is 20.3. The van der Waals surface area contributed by atoms with Crippen LogP contribution in [0.4, 0.5) is 15.9 Å². The molecule has 2 fully saturated rings. The zero-order chi connectivity index (χ0) is 29.8. The number of nitriles is 1. The van der Waals surface area contributed by atoms with Crippen LogP contribution < -0.4 is 15.4 Å². The predicted molar refractivity (Wildman–Crippen MR) is 171 cm³/mol. The highest BCUT2D eigenvalue weighted by atomic mass is 32.2. The van der Waals surface area contributed by atoms with E-state index in [1.807, 2.05) is 18.2 Å². The van der Waals surface area contributed by atoms with Crippen LogP contribution in [0.25, 0.3) is 6.08 Å². The predicted octanol–water partition coefficient (Wildman–Crippen LogP) is 5.70. The van der Waals surface area contributed by atoms with Gasteiger partial charge < -0.3 is 9.80 Å². The molecule has 3 aromatic rings. The number of anilines is 2. The van der Waals surface area contributed by atoms with Gasteiger partial charge in [0, 0.05) is 44.0 Å². The number of halogens is 1. The Labute approximate surface area is 254 Å². The van der Waals surface area contributed by atoms with Gasteiger partial charge in [-0.05, 0) is 54.8 Å². The van der Waals surface area contributed by atoms with E-state index in [0.717, 1.165) is 43.0 Å². The third kappa shape index (κ3) is 5.98. The summed E-state index contributed by atoms with van der Waals surface area (Å²) < 4.78 is 15.6. The van der Waals surface area contributed by atoms with Gasteiger partial charge in [0.2, 0.25) is 0 Å². The second-order valence-electron chi connectivity index (χ2n) is 10.4. The Kier molecular flexibility index (Phi) is 9.09. The highest BCUT2D eigenvalue weighted by Gasteiger charge is 2.34. The third-order valence-electron chi connectivity index (χ3n) is 7.69. The normalized spacial score (nSPS) is 16.4. The van der Waals surface area contributed by atoms with Crippen LogP contribution in [0.15, 0.2) is 64.3 Å². The van der Waals surface area contributed by atoms with E-state index in [2.05, 4.69) is 34.9 Å². The van der Waals surface area contributed by atoms with Gasteiger partial charge in [0.05, 0.1) is 11.4 Å². The molecule has 216 valence electrons. The van der Waals surface area contributed by atoms with Gasteiger partial charge in [-0.3, -0.25) is 19.1 Å². The number of carbonyl (C=O) groups excluding carboxylic acids is 1. The van der Waals surface area contributed by atoms with E-state index >= 15 is 0 Å². The molecule has 1 aromatic heterocycles. The topological polar surface area (TPSA) is 72.6 Å². The Morgan fingerprint density at radius 1 is 1.02 bits per heavy atom. The largest absolute Gasteiger partial charge is 0.368 e. The number of thioether (sulfide) groups is 1. The first kappa shape index (κ1) is 29.5. The molecule has 2 aromatic carbocycles. The number of benzene rings is 2. The van der Waals surface area contributed by atoms with Crippen molar-refractivity contribution in [2.75, 3.05) is 36.0 Å². The minimum atomic E-state index is -0.344. The van der Waals surface area contributed by atoms with E-state index in [1.54, 1.807) is 29.7 Å². The molecule has 0 radical (unpaired) electrons. The van der Waals surface area contributed by atoms with E-state index < -0.39 is 0 Å². The molecule has 0 N–H and O–H groups in total. The number of rotatable bonds is 8. The maximum atomic E-state index is 13.6. The number of pyridine rings is 1. The lowest BCUT2D eigenvalue weighted by Crippen LogP contribution is -2.48. The number of amides is 1. The molecule has 0 aliphatic carbocycles. The summed E-state index contributed by atoms with van der Waals surface area (Å²) in [6.07, 6.45) is 3.46. The number of hydrogen-bond donors (Lipinski definition) is 0. The summed E-state index contributed by atoms with van der Waals surface area (Å²) in [7, 11) is 0. The Morgan fingerprint density at radius 3 is 2.33 bits per heavy atom. The van der Waals surface area contributed by atoms with E-state index in [0.29, 0.717) is 40.0 Å². The van der Waals surface area contributed by atoms with E-state index in [1.165, 1.54) is 28.8 Å². The molecule has 0 saturated carbocycles. The highest BCUT2D eigenvalue weighted by Crippen LogP contribution is 2.37. The molecule has 0 spiro atoms. The van der Waals surface area contributed by atoms with Crippen LogP contribution in [0.3, 0.4) is 0 Å². The molecule has 2 aliphatic rings. The summed E-state index contributed by atoms with van der Waals surface area (Å²) in [4.78, 5) is 33.7. The fourth-order valence-corrected chi connectivity index (χ4v) is 6.60. The number of piperazine rings is 1. The van der Waals surface area contributed by atoms with E-state index in [9.17, 15) is 19.2 Å². The third-order valence-corrected chi connectivity index (χ3v) is 9.06. The molecule has 0 atom stereocenters. The molecule has 0 bridgehead atoms. The molecule has 2 aliphatic heterocycles. The van der Waals surface area contributed by atoms with Gasteiger partial charge in [0.25, 0.3) is 11.5 Å². The second-order valence-corrected chi connectivity index (χ2v) is 12.0. The van der Waals surface area contributed by atoms with Gasteiger partial charge in [0.1, 0.15) is 27.6 Å². The zero-order valence-electron chi connectivity index (χ0n) is 23.7. The first-order valence-corrected chi connectivity index (χ1v) is 15.3. The lowest BCUT2D eigenvalue weighted by molar-refractivity contribution is -0.122. The van der Waals surface area contributed by atoms with E-state index in [4.69, 9.17) is 12.2 Å². The number of nitrogens with zero attached hydrogens (tertiary/aromatic N) is 5. The number of aromatic nitrogens is 1. The fraction of sp³-hybridized carbons (Fsp3) is 0.312. The van der Waals surface area contributed by atoms with Crippen LogP contribution >= 0.6 is 24.0 Å². The molecule has 3 heterocycles. The van der Waals surface area contributed by atoms with Gasteiger partial charge in [-0.15, -0.1) is 0 Å². The molecule has 0 unspecified atom stereocenters. The summed E-state index contributed by atoms with van der Waals surface area (Å²) in [6.45, 7) is 7.44. The van der Waals surface area contributed by atoms with Crippen molar-refractivity contribution in [2.24, 2.45) is 0 Å². The lowest BCUT2D eigenvalue weighted by atomic mass is 10.0. The average Bonchev–Trinajstić information content (AvgIpc) is 3.27. The Morgan fingerprint density at radius 2 is 1.69 bits per heavy atom. The summed E-state index contributed by atoms with van der Waals surface area (Å²) in [6, 6.07) is 18.4. The van der Waals surface area contributed by atoms with Crippen LogP contribution in [0.2, 0.25) is 0 Å². The first-order valence-electron chi connectivity index (χ1n) is 14.0. The minimum absolute atomic E-state index is 0.0887. The van der Waals surface area contributed by atoms with Crippen molar-refractivity contribution in [3.05, 3.63) is 97.9 Å². The van der Waals surface area contributed by atoms with Crippen molar-refractivity contribution in [1.29, 1.82) is 5.26 Å². The molecule has 10 heteroatoms. The van der Waals surface area contributed by atoms with Crippen molar-refractivity contribution in [2.45, 2.75) is 39.8 Å². The summed E-state index contributed by atoms with van der Waals surface area (Å²) in [5.41, 5.74) is 2.96. The van der Waals surface area contributed by atoms with Crippen molar-refractivity contribution in [1.82, 2.24) is 9.47 Å². The molecule has 5 rings (SSSR count). The molecule has 42 heavy (non-hydrogen) atoms. The number of carbonyl (C=O) groups is 1. The number of hydrogen-bond acceptors (Lipinski definition) is 7. The SMILES string of the molecule is CCCCn1c(N2CCN(c3ccccc3)CC2)c(C=C2SC(=S)N(Cc3ccc(F)cc3)C2=O)c(C)c(C#N)c1=O. The van der Waals surface area contributed by atoms with Crippen molar-refractivity contribution in [3.8, 4) is 6.07 Å². The van der Waals surface area contributed by atoms with Crippen LogP contribution in [0, 0.1) is 24.1 Å². The van der Waals surface area contributed by atoms with Crippen LogP contribution in [0.5, 0.6) is 0 Å². The van der Waals surface area contributed by atoms with Gasteiger partial charge in [-0.2, -0.15) is 5.26 Å². The number of thiocarbonyl (C=S) groups is 1. The average molecular weight is 602 g/mol. The summed E-state index contributed by atoms with van der Waals surface area (Å²) in [5, 5.41) is 9.98. The Bertz CT molecular complexity index is 1620. The summed E-state index contributed by atoms with van der Waals surface area (Å²) in [5.74, 6) is 0.142. The van der Waals surface area contributed by atoms with Gasteiger partial charge in [-0.25, -0.2) is 4.39 Å². The van der Waals surface area contributed by atoms with Gasteiger partial charge in [0.15, 0.2) is 0 Å². The van der Waals surface area contributed by atoms with Crippen molar-refractivity contribution >= 4 is 51.8 Å². The molecular weight excluding hydrogens is 570 g/mol. The van der Waals surface area contributed by atoms with Crippen LogP contribution in [-0.4, -0.2) is 45.9 Å². The highest BCUT2D eigenvalue weighted by molar-refractivity contribution is 8.26. The molecular formula is C32H32FN5O2S2. The van der Waals surface area contributed by atoms with Crippen molar-refractivity contribution in [3.63, 3.8) is 0 Å². The molecule has 1 amide bonds. The van der Waals surface area contributed by atoms with Gasteiger partial charge in [-0.1, -0.05) is 67.7 Å². The fourth-order valence-electron chi connectivity index (χ4n) is 5.36. The molecule has 2 saturated heterocycles.